The summed E-state index contributed by atoms with van der Waals surface area (Å²) in [5, 5.41) is 0. The quantitative estimate of drug-likeness (QED) is 0.509. The topological polar surface area (TPSA) is 35.5 Å². The van der Waals surface area contributed by atoms with Crippen LogP contribution in [0.2, 0.25) is 0 Å². The Morgan fingerprint density at radius 3 is 2.65 bits per heavy atom. The van der Waals surface area contributed by atoms with Crippen molar-refractivity contribution in [3.05, 3.63) is 58.1 Å². The Kier molecular flexibility index (Phi) is 6.22. The molecule has 2 aromatic rings. The van der Waals surface area contributed by atoms with E-state index in [-0.39, 0.29) is 6.61 Å². The molecule has 0 radical (unpaired) electrons. The molecular formula is C19H21BrO3. The summed E-state index contributed by atoms with van der Waals surface area (Å²) in [7, 11) is 0. The van der Waals surface area contributed by atoms with Gasteiger partial charge in [0.1, 0.15) is 11.5 Å². The highest BCUT2D eigenvalue weighted by Gasteiger charge is 2.11. The van der Waals surface area contributed by atoms with Crippen molar-refractivity contribution in [2.75, 3.05) is 6.61 Å². The molecule has 0 heterocycles. The molecule has 1 atom stereocenters. The number of ether oxygens (including phenoxy) is 2. The lowest BCUT2D eigenvalue weighted by molar-refractivity contribution is -0.136. The molecule has 4 heteroatoms. The first-order valence-electron chi connectivity index (χ1n) is 7.69. The van der Waals surface area contributed by atoms with Gasteiger partial charge in [0, 0.05) is 0 Å². The number of carbonyl (C=O) groups is 1. The first-order chi connectivity index (χ1) is 11.0. The Hall–Kier alpha value is -1.81. The van der Waals surface area contributed by atoms with Crippen molar-refractivity contribution in [1.82, 2.24) is 0 Å². The third-order valence-corrected chi connectivity index (χ3v) is 4.33. The van der Waals surface area contributed by atoms with E-state index in [2.05, 4.69) is 29.8 Å². The van der Waals surface area contributed by atoms with Crippen LogP contribution in [0.3, 0.4) is 0 Å². The number of carbonyl (C=O) groups excluding carboxylic acids is 1. The van der Waals surface area contributed by atoms with Gasteiger partial charge in [-0.15, -0.1) is 0 Å². The van der Waals surface area contributed by atoms with Gasteiger partial charge in [0.15, 0.2) is 6.61 Å². The molecule has 1 unspecified atom stereocenters. The smallest absolute Gasteiger partial charge is 0.349 e. The van der Waals surface area contributed by atoms with E-state index in [1.165, 1.54) is 5.56 Å². The van der Waals surface area contributed by atoms with E-state index in [0.717, 1.165) is 16.5 Å². The van der Waals surface area contributed by atoms with Crippen LogP contribution in [0.25, 0.3) is 0 Å². The lowest BCUT2D eigenvalue weighted by atomic mass is 9.99. The zero-order valence-corrected chi connectivity index (χ0v) is 15.2. The van der Waals surface area contributed by atoms with Crippen molar-refractivity contribution in [3.8, 4) is 11.5 Å². The van der Waals surface area contributed by atoms with Crippen LogP contribution in [0.5, 0.6) is 11.5 Å². The Morgan fingerprint density at radius 2 is 2.00 bits per heavy atom. The lowest BCUT2D eigenvalue weighted by Crippen LogP contribution is -2.18. The fourth-order valence-corrected chi connectivity index (χ4v) is 2.62. The lowest BCUT2D eigenvalue weighted by Gasteiger charge is -2.12. The van der Waals surface area contributed by atoms with Gasteiger partial charge in [-0.3, -0.25) is 0 Å². The summed E-state index contributed by atoms with van der Waals surface area (Å²) in [6, 6.07) is 13.4. The highest BCUT2D eigenvalue weighted by atomic mass is 79.9. The van der Waals surface area contributed by atoms with Crippen LogP contribution in [0.4, 0.5) is 0 Å². The first kappa shape index (κ1) is 17.5. The van der Waals surface area contributed by atoms with E-state index >= 15 is 0 Å². The summed E-state index contributed by atoms with van der Waals surface area (Å²) < 4.78 is 11.6. The molecule has 0 aliphatic carbocycles. The molecule has 0 aliphatic rings. The van der Waals surface area contributed by atoms with Gasteiger partial charge in [-0.25, -0.2) is 4.79 Å². The molecule has 2 aromatic carbocycles. The van der Waals surface area contributed by atoms with Gasteiger partial charge in [-0.2, -0.15) is 0 Å². The summed E-state index contributed by atoms with van der Waals surface area (Å²) in [5.74, 6) is 1.22. The highest BCUT2D eigenvalue weighted by Crippen LogP contribution is 2.30. The normalized spacial score (nSPS) is 11.8. The second-order valence-electron chi connectivity index (χ2n) is 5.58. The fraction of sp³-hybridized carbons (Fsp3) is 0.316. The van der Waals surface area contributed by atoms with Gasteiger partial charge in [0.2, 0.25) is 0 Å². The zero-order valence-electron chi connectivity index (χ0n) is 13.6. The maximum Gasteiger partial charge on any atom is 0.349 e. The average Bonchev–Trinajstić information content (AvgIpc) is 2.54. The molecule has 0 saturated carbocycles. The van der Waals surface area contributed by atoms with Crippen LogP contribution >= 0.6 is 15.9 Å². The van der Waals surface area contributed by atoms with E-state index in [0.29, 0.717) is 17.4 Å². The number of esters is 1. The van der Waals surface area contributed by atoms with Crippen molar-refractivity contribution >= 4 is 21.9 Å². The van der Waals surface area contributed by atoms with E-state index in [9.17, 15) is 4.79 Å². The van der Waals surface area contributed by atoms with Crippen molar-refractivity contribution in [2.45, 2.75) is 33.1 Å². The predicted molar refractivity (Wildman–Crippen MR) is 95.2 cm³/mol. The minimum Gasteiger partial charge on any atom is -0.482 e. The van der Waals surface area contributed by atoms with Gasteiger partial charge in [-0.05, 0) is 70.6 Å². The van der Waals surface area contributed by atoms with Crippen LogP contribution in [-0.4, -0.2) is 12.6 Å². The van der Waals surface area contributed by atoms with Crippen LogP contribution in [0, 0.1) is 6.92 Å². The van der Waals surface area contributed by atoms with E-state index in [4.69, 9.17) is 9.47 Å². The molecule has 0 aromatic heterocycles. The van der Waals surface area contributed by atoms with Gasteiger partial charge < -0.3 is 9.47 Å². The molecule has 122 valence electrons. The number of aryl methyl sites for hydroxylation is 1. The van der Waals surface area contributed by atoms with E-state index in [1.54, 1.807) is 0 Å². The highest BCUT2D eigenvalue weighted by molar-refractivity contribution is 9.10. The third-order valence-electron chi connectivity index (χ3n) is 3.71. The molecule has 3 nitrogen and oxygen atoms in total. The van der Waals surface area contributed by atoms with Crippen molar-refractivity contribution in [1.29, 1.82) is 0 Å². The monoisotopic (exact) mass is 376 g/mol. The Morgan fingerprint density at radius 1 is 1.22 bits per heavy atom. The van der Waals surface area contributed by atoms with Crippen LogP contribution in [0.1, 0.15) is 37.3 Å². The fourth-order valence-electron chi connectivity index (χ4n) is 2.14. The predicted octanol–water partition coefficient (Wildman–Crippen LogP) is 5.26. The minimum atomic E-state index is -0.427. The molecule has 0 fully saturated rings. The van der Waals surface area contributed by atoms with Gasteiger partial charge in [-0.1, -0.05) is 32.0 Å². The molecule has 23 heavy (non-hydrogen) atoms. The summed E-state index contributed by atoms with van der Waals surface area (Å²) >= 11 is 3.46. The molecule has 0 bridgehead atoms. The molecular weight excluding hydrogens is 356 g/mol. The number of hydrogen-bond donors (Lipinski definition) is 0. The van der Waals surface area contributed by atoms with Gasteiger partial charge in [0.05, 0.1) is 4.47 Å². The first-order valence-corrected chi connectivity index (χ1v) is 8.48. The largest absolute Gasteiger partial charge is 0.482 e. The molecule has 0 aliphatic heterocycles. The SMILES string of the molecule is CCC(C)c1ccc(OC(=O)COc2cccc(C)c2)c(Br)c1. The number of halogens is 1. The zero-order chi connectivity index (χ0) is 16.8. The number of benzene rings is 2. The third kappa shape index (κ3) is 5.10. The molecule has 2 rings (SSSR count). The average molecular weight is 377 g/mol. The van der Waals surface area contributed by atoms with Gasteiger partial charge in [0.25, 0.3) is 0 Å². The van der Waals surface area contributed by atoms with Crippen LogP contribution in [-0.2, 0) is 4.79 Å². The summed E-state index contributed by atoms with van der Waals surface area (Å²) in [6.07, 6.45) is 1.07. The van der Waals surface area contributed by atoms with Crippen molar-refractivity contribution in [3.63, 3.8) is 0 Å². The Labute approximate surface area is 145 Å². The van der Waals surface area contributed by atoms with Crippen molar-refractivity contribution in [2.24, 2.45) is 0 Å². The second-order valence-corrected chi connectivity index (χ2v) is 6.43. The number of rotatable bonds is 6. The second kappa shape index (κ2) is 8.16. The maximum atomic E-state index is 11.9. The molecule has 0 spiro atoms. The van der Waals surface area contributed by atoms with E-state index < -0.39 is 5.97 Å². The van der Waals surface area contributed by atoms with E-state index in [1.807, 2.05) is 49.4 Å². The van der Waals surface area contributed by atoms with Crippen LogP contribution < -0.4 is 9.47 Å². The Bertz CT molecular complexity index is 682. The minimum absolute atomic E-state index is 0.122. The van der Waals surface area contributed by atoms with Gasteiger partial charge >= 0.3 is 5.97 Å². The summed E-state index contributed by atoms with van der Waals surface area (Å²) in [6.45, 7) is 6.17. The molecule has 0 amide bonds. The molecule has 0 saturated heterocycles. The summed E-state index contributed by atoms with van der Waals surface area (Å²) in [4.78, 5) is 11.9. The van der Waals surface area contributed by atoms with Crippen LogP contribution in [0.15, 0.2) is 46.9 Å². The van der Waals surface area contributed by atoms with Crippen molar-refractivity contribution < 1.29 is 14.3 Å². The Balaban J connectivity index is 1.95. The maximum absolute atomic E-state index is 11.9. The molecule has 0 N–H and O–H groups in total. The standard InChI is InChI=1S/C19H21BrO3/c1-4-14(3)15-8-9-18(17(20)11-15)23-19(21)12-22-16-7-5-6-13(2)10-16/h5-11,14H,4,12H2,1-3H3. The summed E-state index contributed by atoms with van der Waals surface area (Å²) in [5.41, 5.74) is 2.30. The number of hydrogen-bond acceptors (Lipinski definition) is 3.